The molecule has 27 heavy (non-hydrogen) atoms. The molecule has 0 fully saturated rings. The molecule has 0 heterocycles. The number of hydrogen-bond acceptors (Lipinski definition) is 7. The summed E-state index contributed by atoms with van der Waals surface area (Å²) in [6.45, 7) is 6.84. The van der Waals surface area contributed by atoms with E-state index in [0.717, 1.165) is 5.01 Å². The van der Waals surface area contributed by atoms with Gasteiger partial charge in [0.15, 0.2) is 5.78 Å². The molecule has 2 amide bonds. The van der Waals surface area contributed by atoms with Crippen molar-refractivity contribution in [3.05, 3.63) is 35.9 Å². The first kappa shape index (κ1) is 23.0. The molecule has 0 aliphatic rings. The zero-order valence-electron chi connectivity index (χ0n) is 16.0. The number of rotatable bonds is 9. The van der Waals surface area contributed by atoms with Crippen LogP contribution in [0.1, 0.15) is 39.0 Å². The van der Waals surface area contributed by atoms with Crippen LogP contribution in [0.25, 0.3) is 0 Å². The van der Waals surface area contributed by atoms with Crippen LogP contribution in [0.15, 0.2) is 30.3 Å². The Morgan fingerprint density at radius 1 is 0.963 bits per heavy atom. The van der Waals surface area contributed by atoms with Gasteiger partial charge in [-0.2, -0.15) is 5.01 Å². The van der Waals surface area contributed by atoms with Gasteiger partial charge < -0.3 is 18.5 Å². The molecule has 0 aliphatic carbocycles. The topological polar surface area (TPSA) is 103 Å². The van der Waals surface area contributed by atoms with Crippen LogP contribution < -0.4 is 5.43 Å². The van der Waals surface area contributed by atoms with Crippen LogP contribution in [-0.4, -0.2) is 43.6 Å². The van der Waals surface area contributed by atoms with Gasteiger partial charge in [-0.25, -0.2) is 15.0 Å². The fourth-order valence-electron chi connectivity index (χ4n) is 2.30. The summed E-state index contributed by atoms with van der Waals surface area (Å²) in [4.78, 5) is 24.5. The van der Waals surface area contributed by atoms with Crippen molar-refractivity contribution in [1.29, 1.82) is 0 Å². The van der Waals surface area contributed by atoms with Gasteiger partial charge in [-0.05, 0) is 33.3 Å². The minimum atomic E-state index is -3.91. The maximum absolute atomic E-state index is 13.5. The van der Waals surface area contributed by atoms with Gasteiger partial charge in [-0.1, -0.05) is 30.3 Å². The molecule has 0 bridgehead atoms. The number of carbonyl (C=O) groups excluding carboxylic acids is 2. The maximum atomic E-state index is 13.5. The third-order valence-electron chi connectivity index (χ3n) is 3.21. The molecule has 1 N–H and O–H groups in total. The monoisotopic (exact) mass is 402 g/mol. The first-order valence-corrected chi connectivity index (χ1v) is 10.4. The Morgan fingerprint density at radius 3 is 2.00 bits per heavy atom. The largest absolute Gasteiger partial charge is 0.449 e. The van der Waals surface area contributed by atoms with Gasteiger partial charge in [-0.3, -0.25) is 4.57 Å². The molecule has 0 saturated heterocycles. The molecular formula is C17H27N2O7P. The number of hydrazine groups is 1. The summed E-state index contributed by atoms with van der Waals surface area (Å²) in [6.07, 6.45) is -1.81. The van der Waals surface area contributed by atoms with E-state index < -0.39 is 25.6 Å². The maximum Gasteiger partial charge on any atom is 0.429 e. The molecule has 0 radical (unpaired) electrons. The fourth-order valence-corrected chi connectivity index (χ4v) is 4.35. The number of amides is 2. The van der Waals surface area contributed by atoms with Gasteiger partial charge in [0.1, 0.15) is 0 Å². The summed E-state index contributed by atoms with van der Waals surface area (Å²) in [5.41, 5.74) is 2.73. The van der Waals surface area contributed by atoms with Gasteiger partial charge >= 0.3 is 19.8 Å². The molecule has 1 rings (SSSR count). The zero-order valence-corrected chi connectivity index (χ0v) is 16.9. The number of ether oxygens (including phenoxy) is 2. The Balaban J connectivity index is 3.46. The summed E-state index contributed by atoms with van der Waals surface area (Å²) < 4.78 is 34.2. The zero-order chi connectivity index (χ0) is 20.3. The number of carbonyl (C=O) groups is 2. The van der Waals surface area contributed by atoms with Crippen LogP contribution in [-0.2, 0) is 23.1 Å². The van der Waals surface area contributed by atoms with E-state index in [1.54, 1.807) is 58.0 Å². The van der Waals surface area contributed by atoms with E-state index in [4.69, 9.17) is 18.5 Å². The van der Waals surface area contributed by atoms with Crippen LogP contribution in [0.4, 0.5) is 9.59 Å². The van der Waals surface area contributed by atoms with Crippen molar-refractivity contribution in [2.75, 3.05) is 26.4 Å². The second kappa shape index (κ2) is 11.6. The Labute approximate surface area is 159 Å². The molecule has 9 nitrogen and oxygen atoms in total. The van der Waals surface area contributed by atoms with Crippen molar-refractivity contribution in [2.45, 2.75) is 33.5 Å². The number of hydrogen-bond donors (Lipinski definition) is 1. The Bertz CT molecular complexity index is 631. The van der Waals surface area contributed by atoms with E-state index in [2.05, 4.69) is 5.43 Å². The molecule has 10 heteroatoms. The number of nitrogens with one attached hydrogen (secondary N) is 1. The lowest BCUT2D eigenvalue weighted by Crippen LogP contribution is -2.49. The molecule has 0 aliphatic heterocycles. The highest BCUT2D eigenvalue weighted by molar-refractivity contribution is 7.54. The average Bonchev–Trinajstić information content (AvgIpc) is 2.63. The molecule has 1 aromatic carbocycles. The minimum absolute atomic E-state index is 0.0505. The van der Waals surface area contributed by atoms with Crippen LogP contribution in [0.3, 0.4) is 0 Å². The van der Waals surface area contributed by atoms with E-state index in [0.29, 0.717) is 5.56 Å². The molecule has 0 aromatic heterocycles. The van der Waals surface area contributed by atoms with Gasteiger partial charge in [0, 0.05) is 0 Å². The first-order valence-electron chi connectivity index (χ1n) is 8.76. The van der Waals surface area contributed by atoms with Crippen molar-refractivity contribution in [3.8, 4) is 0 Å². The van der Waals surface area contributed by atoms with Gasteiger partial charge in [0.2, 0.25) is 0 Å². The smallest absolute Gasteiger partial charge is 0.429 e. The third kappa shape index (κ3) is 6.53. The van der Waals surface area contributed by atoms with E-state index in [1.807, 2.05) is 0 Å². The van der Waals surface area contributed by atoms with Gasteiger partial charge in [-0.15, -0.1) is 0 Å². The standard InChI is InChI=1S/C17H27N2O7P/c1-5-23-16(20)18-19(17(21)24-6-2)15(14-12-10-9-11-13-14)27(22,25-7-3)26-8-4/h9-13,15H,5-8H2,1-4H3,(H,18,20). The quantitative estimate of drug-likeness (QED) is 0.490. The van der Waals surface area contributed by atoms with Crippen molar-refractivity contribution in [3.63, 3.8) is 0 Å². The van der Waals surface area contributed by atoms with Crippen LogP contribution in [0.2, 0.25) is 0 Å². The number of benzene rings is 1. The summed E-state index contributed by atoms with van der Waals surface area (Å²) in [6, 6.07) is 8.47. The van der Waals surface area contributed by atoms with Crippen molar-refractivity contribution in [1.82, 2.24) is 10.4 Å². The number of nitrogens with zero attached hydrogens (tertiary/aromatic N) is 1. The molecule has 1 atom stereocenters. The van der Waals surface area contributed by atoms with Crippen LogP contribution >= 0.6 is 7.60 Å². The van der Waals surface area contributed by atoms with Crippen LogP contribution in [0, 0.1) is 0 Å². The van der Waals surface area contributed by atoms with E-state index >= 15 is 0 Å². The lowest BCUT2D eigenvalue weighted by atomic mass is 10.2. The SMILES string of the molecule is CCOC(=O)NN(C(=O)OCC)C(c1ccccc1)P(=O)(OCC)OCC. The highest BCUT2D eigenvalue weighted by Gasteiger charge is 2.45. The van der Waals surface area contributed by atoms with Crippen molar-refractivity contribution in [2.24, 2.45) is 0 Å². The lowest BCUT2D eigenvalue weighted by Gasteiger charge is -2.34. The Hall–Kier alpha value is -2.09. The van der Waals surface area contributed by atoms with Crippen molar-refractivity contribution >= 4 is 19.8 Å². The normalized spacial score (nSPS) is 12.1. The molecule has 152 valence electrons. The summed E-state index contributed by atoms with van der Waals surface area (Å²) in [5, 5.41) is 0.795. The molecule has 1 aromatic rings. The second-order valence-electron chi connectivity index (χ2n) is 5.06. The fraction of sp³-hybridized carbons (Fsp3) is 0.529. The Kier molecular flexibility index (Phi) is 9.85. The Morgan fingerprint density at radius 2 is 1.52 bits per heavy atom. The second-order valence-corrected chi connectivity index (χ2v) is 7.15. The summed E-state index contributed by atoms with van der Waals surface area (Å²) >= 11 is 0. The lowest BCUT2D eigenvalue weighted by molar-refractivity contribution is 0.0598. The van der Waals surface area contributed by atoms with E-state index in [9.17, 15) is 14.2 Å². The highest BCUT2D eigenvalue weighted by Crippen LogP contribution is 2.62. The summed E-state index contributed by atoms with van der Waals surface area (Å²) in [5.74, 6) is -1.26. The third-order valence-corrected chi connectivity index (χ3v) is 5.58. The van der Waals surface area contributed by atoms with Crippen LogP contribution in [0.5, 0.6) is 0 Å². The predicted octanol–water partition coefficient (Wildman–Crippen LogP) is 4.07. The summed E-state index contributed by atoms with van der Waals surface area (Å²) in [7, 11) is -3.91. The average molecular weight is 402 g/mol. The first-order chi connectivity index (χ1) is 12.9. The molecule has 0 saturated carbocycles. The van der Waals surface area contributed by atoms with Crippen molar-refractivity contribution < 1.29 is 32.7 Å². The molecule has 1 unspecified atom stereocenters. The minimum Gasteiger partial charge on any atom is -0.449 e. The van der Waals surface area contributed by atoms with Gasteiger partial charge in [0.25, 0.3) is 0 Å². The molecule has 0 spiro atoms. The van der Waals surface area contributed by atoms with E-state index in [1.165, 1.54) is 0 Å². The highest BCUT2D eigenvalue weighted by atomic mass is 31.2. The molecular weight excluding hydrogens is 375 g/mol. The van der Waals surface area contributed by atoms with E-state index in [-0.39, 0.29) is 26.4 Å². The van der Waals surface area contributed by atoms with Gasteiger partial charge in [0.05, 0.1) is 26.4 Å². The predicted molar refractivity (Wildman–Crippen MR) is 99.1 cm³/mol.